The van der Waals surface area contributed by atoms with Crippen LogP contribution in [0.1, 0.15) is 18.1 Å². The van der Waals surface area contributed by atoms with Crippen LogP contribution in [0.4, 0.5) is 5.69 Å². The van der Waals surface area contributed by atoms with Crippen LogP contribution in [0.15, 0.2) is 66.7 Å². The van der Waals surface area contributed by atoms with Crippen LogP contribution in [-0.4, -0.2) is 37.9 Å². The van der Waals surface area contributed by atoms with Gasteiger partial charge in [0, 0.05) is 30.4 Å². The molecule has 3 aromatic carbocycles. The highest BCUT2D eigenvalue weighted by atomic mass is 32.1. The van der Waals surface area contributed by atoms with E-state index in [1.54, 1.807) is 21.3 Å². The van der Waals surface area contributed by atoms with E-state index in [-0.39, 0.29) is 0 Å². The molecule has 0 saturated heterocycles. The van der Waals surface area contributed by atoms with Gasteiger partial charge in [0.2, 0.25) is 0 Å². The maximum absolute atomic E-state index is 5.82. The van der Waals surface area contributed by atoms with E-state index in [1.165, 1.54) is 0 Å². The Balaban J connectivity index is 1.87. The maximum atomic E-state index is 5.82. The van der Waals surface area contributed by atoms with Crippen molar-refractivity contribution >= 4 is 23.0 Å². The van der Waals surface area contributed by atoms with Crippen LogP contribution in [-0.2, 0) is 13.1 Å². The Labute approximate surface area is 201 Å². The lowest BCUT2D eigenvalue weighted by Crippen LogP contribution is -2.34. The molecule has 0 saturated carbocycles. The lowest BCUT2D eigenvalue weighted by atomic mass is 10.1. The van der Waals surface area contributed by atoms with Gasteiger partial charge in [0.1, 0.15) is 11.5 Å². The Kier molecular flexibility index (Phi) is 8.78. The molecular weight excluding hydrogens is 436 g/mol. The predicted molar refractivity (Wildman–Crippen MR) is 136 cm³/mol. The average molecular weight is 467 g/mol. The summed E-state index contributed by atoms with van der Waals surface area (Å²) in [5.41, 5.74) is 2.97. The highest BCUT2D eigenvalue weighted by Gasteiger charge is 2.18. The Bertz CT molecular complexity index is 1040. The molecule has 0 atom stereocenters. The standard InChI is InChI=1S/C26H30N2O4S/c1-5-32-22-13-11-21(12-14-22)27-26(33)28(17-19-9-7-6-8-10-19)18-20-15-24(30-3)25(31-4)16-23(20)29-2/h6-16H,5,17-18H2,1-4H3,(H,27,33). The first-order chi connectivity index (χ1) is 16.1. The molecule has 0 bridgehead atoms. The Morgan fingerprint density at radius 1 is 0.818 bits per heavy atom. The summed E-state index contributed by atoms with van der Waals surface area (Å²) in [5, 5.41) is 3.94. The molecule has 0 unspecified atom stereocenters. The Morgan fingerprint density at radius 3 is 2.06 bits per heavy atom. The molecule has 0 aliphatic heterocycles. The van der Waals surface area contributed by atoms with E-state index in [1.807, 2.05) is 61.5 Å². The molecule has 0 amide bonds. The SMILES string of the molecule is CCOc1ccc(NC(=S)N(Cc2ccccc2)Cc2cc(OC)c(OC)cc2OC)cc1. The third-order valence-corrected chi connectivity index (χ3v) is 5.43. The van der Waals surface area contributed by atoms with E-state index in [0.717, 1.165) is 22.6 Å². The molecule has 0 spiro atoms. The second-order valence-electron chi connectivity index (χ2n) is 7.25. The minimum absolute atomic E-state index is 0.515. The summed E-state index contributed by atoms with van der Waals surface area (Å²) in [6.45, 7) is 3.73. The van der Waals surface area contributed by atoms with Gasteiger partial charge in [0.05, 0.1) is 27.9 Å². The Hall–Kier alpha value is -3.45. The first kappa shape index (κ1) is 24.2. The number of anilines is 1. The number of benzene rings is 3. The summed E-state index contributed by atoms with van der Waals surface area (Å²) in [5.74, 6) is 2.78. The molecule has 0 aromatic heterocycles. The zero-order valence-corrected chi connectivity index (χ0v) is 20.3. The number of thiocarbonyl (C=S) groups is 1. The number of methoxy groups -OCH3 is 3. The molecule has 3 rings (SSSR count). The van der Waals surface area contributed by atoms with E-state index in [0.29, 0.717) is 42.1 Å². The van der Waals surface area contributed by atoms with Crippen LogP contribution >= 0.6 is 12.2 Å². The van der Waals surface area contributed by atoms with Gasteiger partial charge in [-0.25, -0.2) is 0 Å². The van der Waals surface area contributed by atoms with Crippen molar-refractivity contribution in [3.05, 3.63) is 77.9 Å². The molecule has 174 valence electrons. The third-order valence-electron chi connectivity index (χ3n) is 5.07. The van der Waals surface area contributed by atoms with Gasteiger partial charge in [0.25, 0.3) is 0 Å². The van der Waals surface area contributed by atoms with Crippen molar-refractivity contribution in [3.63, 3.8) is 0 Å². The molecule has 0 heterocycles. The van der Waals surface area contributed by atoms with Gasteiger partial charge in [0.15, 0.2) is 16.6 Å². The first-order valence-corrected chi connectivity index (χ1v) is 11.1. The Morgan fingerprint density at radius 2 is 1.45 bits per heavy atom. The highest BCUT2D eigenvalue weighted by Crippen LogP contribution is 2.35. The summed E-state index contributed by atoms with van der Waals surface area (Å²) in [6.07, 6.45) is 0. The van der Waals surface area contributed by atoms with Crippen molar-refractivity contribution in [2.75, 3.05) is 33.3 Å². The average Bonchev–Trinajstić information content (AvgIpc) is 2.85. The minimum atomic E-state index is 0.515. The van der Waals surface area contributed by atoms with Crippen molar-refractivity contribution in [2.45, 2.75) is 20.0 Å². The monoisotopic (exact) mass is 466 g/mol. The summed E-state index contributed by atoms with van der Waals surface area (Å²) in [6, 6.07) is 21.7. The van der Waals surface area contributed by atoms with Crippen LogP contribution in [0.25, 0.3) is 0 Å². The van der Waals surface area contributed by atoms with E-state index in [4.69, 9.17) is 31.2 Å². The molecule has 33 heavy (non-hydrogen) atoms. The first-order valence-electron chi connectivity index (χ1n) is 10.7. The van der Waals surface area contributed by atoms with Gasteiger partial charge in [-0.2, -0.15) is 0 Å². The molecule has 0 radical (unpaired) electrons. The molecule has 7 heteroatoms. The number of rotatable bonds is 10. The van der Waals surface area contributed by atoms with E-state index >= 15 is 0 Å². The van der Waals surface area contributed by atoms with Crippen molar-refractivity contribution in [1.29, 1.82) is 0 Å². The lowest BCUT2D eigenvalue weighted by Gasteiger charge is -2.27. The van der Waals surface area contributed by atoms with Gasteiger partial charge in [-0.3, -0.25) is 0 Å². The molecule has 3 aromatic rings. The summed E-state index contributed by atoms with van der Waals surface area (Å²) in [7, 11) is 4.87. The minimum Gasteiger partial charge on any atom is -0.496 e. The normalized spacial score (nSPS) is 10.3. The van der Waals surface area contributed by atoms with Crippen LogP contribution in [0.3, 0.4) is 0 Å². The van der Waals surface area contributed by atoms with Gasteiger partial charge >= 0.3 is 0 Å². The fourth-order valence-electron chi connectivity index (χ4n) is 3.43. The van der Waals surface area contributed by atoms with Crippen molar-refractivity contribution in [1.82, 2.24) is 4.90 Å². The van der Waals surface area contributed by atoms with Crippen LogP contribution in [0, 0.1) is 0 Å². The van der Waals surface area contributed by atoms with Gasteiger partial charge in [-0.1, -0.05) is 30.3 Å². The van der Waals surface area contributed by atoms with Crippen molar-refractivity contribution in [3.8, 4) is 23.0 Å². The van der Waals surface area contributed by atoms with E-state index in [9.17, 15) is 0 Å². The van der Waals surface area contributed by atoms with Gasteiger partial charge in [-0.05, 0) is 55.0 Å². The fraction of sp³-hybridized carbons (Fsp3) is 0.269. The quantitative estimate of drug-likeness (QED) is 0.395. The maximum Gasteiger partial charge on any atom is 0.174 e. The zero-order valence-electron chi connectivity index (χ0n) is 19.5. The molecule has 0 fully saturated rings. The summed E-state index contributed by atoms with van der Waals surface area (Å²) in [4.78, 5) is 2.09. The number of hydrogen-bond acceptors (Lipinski definition) is 5. The highest BCUT2D eigenvalue weighted by molar-refractivity contribution is 7.80. The molecule has 1 N–H and O–H groups in total. The molecule has 6 nitrogen and oxygen atoms in total. The molecular formula is C26H30N2O4S. The number of nitrogens with zero attached hydrogens (tertiary/aromatic N) is 1. The lowest BCUT2D eigenvalue weighted by molar-refractivity contribution is 0.340. The van der Waals surface area contributed by atoms with Crippen LogP contribution in [0.2, 0.25) is 0 Å². The van der Waals surface area contributed by atoms with Crippen molar-refractivity contribution in [2.24, 2.45) is 0 Å². The third kappa shape index (κ3) is 6.52. The second kappa shape index (κ2) is 12.0. The molecule has 0 aliphatic rings. The van der Waals surface area contributed by atoms with Crippen LogP contribution in [0.5, 0.6) is 23.0 Å². The van der Waals surface area contributed by atoms with Crippen molar-refractivity contribution < 1.29 is 18.9 Å². The topological polar surface area (TPSA) is 52.2 Å². The van der Waals surface area contributed by atoms with Crippen LogP contribution < -0.4 is 24.3 Å². The van der Waals surface area contributed by atoms with Gasteiger partial charge < -0.3 is 29.2 Å². The summed E-state index contributed by atoms with van der Waals surface area (Å²) < 4.78 is 22.1. The smallest absolute Gasteiger partial charge is 0.174 e. The number of ether oxygens (including phenoxy) is 4. The van der Waals surface area contributed by atoms with Gasteiger partial charge in [-0.15, -0.1) is 0 Å². The fourth-order valence-corrected chi connectivity index (χ4v) is 3.68. The largest absolute Gasteiger partial charge is 0.496 e. The predicted octanol–water partition coefficient (Wildman–Crippen LogP) is 5.51. The van der Waals surface area contributed by atoms with E-state index < -0.39 is 0 Å². The number of hydrogen-bond donors (Lipinski definition) is 1. The zero-order chi connectivity index (χ0) is 23.6. The second-order valence-corrected chi connectivity index (χ2v) is 7.63. The summed E-state index contributed by atoms with van der Waals surface area (Å²) >= 11 is 5.82. The number of nitrogens with one attached hydrogen (secondary N) is 1. The molecule has 0 aliphatic carbocycles. The van der Waals surface area contributed by atoms with E-state index in [2.05, 4.69) is 22.3 Å².